The molecule has 1 aliphatic heterocycles. The summed E-state index contributed by atoms with van der Waals surface area (Å²) in [6.45, 7) is 0.817. The van der Waals surface area contributed by atoms with Crippen LogP contribution in [0.5, 0.6) is 0 Å². The smallest absolute Gasteiger partial charge is 0.149 e. The fraction of sp³-hybridized carbons (Fsp3) is 0.286. The van der Waals surface area contributed by atoms with Gasteiger partial charge in [0.2, 0.25) is 0 Å². The van der Waals surface area contributed by atoms with Gasteiger partial charge in [0, 0.05) is 5.56 Å². The molecule has 0 unspecified atom stereocenters. The van der Waals surface area contributed by atoms with E-state index in [2.05, 4.69) is 15.5 Å². The van der Waals surface area contributed by atoms with Gasteiger partial charge in [-0.3, -0.25) is 0 Å². The highest BCUT2D eigenvalue weighted by atomic mass is 35.5. The number of hydrogen-bond acceptors (Lipinski definition) is 5. The Labute approximate surface area is 121 Å². The molecule has 2 heterocycles. The van der Waals surface area contributed by atoms with Gasteiger partial charge in [-0.1, -0.05) is 29.8 Å². The third-order valence-corrected chi connectivity index (χ3v) is 3.53. The van der Waals surface area contributed by atoms with Gasteiger partial charge in [-0.2, -0.15) is 0 Å². The van der Waals surface area contributed by atoms with Crippen molar-refractivity contribution in [1.82, 2.24) is 10.2 Å². The largest absolute Gasteiger partial charge is 0.388 e. The highest BCUT2D eigenvalue weighted by molar-refractivity contribution is 6.33. The SMILES string of the molecule is O[C@@H]1COC[C@H]1Nc1ccc(-c2ccccc2Cl)nn1. The summed E-state index contributed by atoms with van der Waals surface area (Å²) in [6.07, 6.45) is -0.514. The molecule has 1 aromatic heterocycles. The van der Waals surface area contributed by atoms with Crippen molar-refractivity contribution in [2.24, 2.45) is 0 Å². The second-order valence-electron chi connectivity index (χ2n) is 4.64. The minimum absolute atomic E-state index is 0.143. The molecule has 5 nitrogen and oxygen atoms in total. The maximum atomic E-state index is 9.67. The van der Waals surface area contributed by atoms with Crippen LogP contribution in [0.15, 0.2) is 36.4 Å². The van der Waals surface area contributed by atoms with Crippen molar-refractivity contribution < 1.29 is 9.84 Å². The lowest BCUT2D eigenvalue weighted by atomic mass is 10.1. The van der Waals surface area contributed by atoms with Crippen LogP contribution in [-0.2, 0) is 4.74 Å². The van der Waals surface area contributed by atoms with E-state index in [1.807, 2.05) is 36.4 Å². The highest BCUT2D eigenvalue weighted by Crippen LogP contribution is 2.25. The van der Waals surface area contributed by atoms with Crippen LogP contribution < -0.4 is 5.32 Å². The van der Waals surface area contributed by atoms with Gasteiger partial charge >= 0.3 is 0 Å². The highest BCUT2D eigenvalue weighted by Gasteiger charge is 2.26. The van der Waals surface area contributed by atoms with Gasteiger partial charge in [0.05, 0.1) is 36.1 Å². The minimum atomic E-state index is -0.514. The zero-order valence-corrected chi connectivity index (χ0v) is 11.4. The van der Waals surface area contributed by atoms with E-state index in [4.69, 9.17) is 16.3 Å². The van der Waals surface area contributed by atoms with E-state index in [1.165, 1.54) is 0 Å². The molecule has 1 fully saturated rings. The summed E-state index contributed by atoms with van der Waals surface area (Å²) in [4.78, 5) is 0. The van der Waals surface area contributed by atoms with Crippen LogP contribution in [0, 0.1) is 0 Å². The summed E-state index contributed by atoms with van der Waals surface area (Å²) in [7, 11) is 0. The van der Waals surface area contributed by atoms with Gasteiger partial charge in [-0.05, 0) is 18.2 Å². The molecule has 6 heteroatoms. The zero-order valence-electron chi connectivity index (χ0n) is 10.7. The summed E-state index contributed by atoms with van der Waals surface area (Å²) in [6, 6.07) is 11.0. The van der Waals surface area contributed by atoms with E-state index in [0.29, 0.717) is 29.7 Å². The number of anilines is 1. The molecule has 1 saturated heterocycles. The van der Waals surface area contributed by atoms with E-state index in [0.717, 1.165) is 5.56 Å². The average Bonchev–Trinajstić information content (AvgIpc) is 2.86. The number of aliphatic hydroxyl groups is 1. The first kappa shape index (κ1) is 13.3. The number of hydrogen-bond donors (Lipinski definition) is 2. The molecule has 2 atom stereocenters. The number of rotatable bonds is 3. The first-order valence-electron chi connectivity index (χ1n) is 6.35. The molecule has 2 N–H and O–H groups in total. The number of aliphatic hydroxyl groups excluding tert-OH is 1. The standard InChI is InChI=1S/C14H14ClN3O2/c15-10-4-2-1-3-9(10)11-5-6-14(18-17-11)16-12-7-20-8-13(12)19/h1-6,12-13,19H,7-8H2,(H,16,18)/t12-,13-/m1/s1. The summed E-state index contributed by atoms with van der Waals surface area (Å²) in [5.41, 5.74) is 1.56. The Morgan fingerprint density at radius 1 is 1.15 bits per heavy atom. The number of halogens is 1. The van der Waals surface area contributed by atoms with Gasteiger partial charge in [-0.15, -0.1) is 10.2 Å². The Morgan fingerprint density at radius 3 is 2.65 bits per heavy atom. The number of nitrogens with one attached hydrogen (secondary N) is 1. The molecular weight excluding hydrogens is 278 g/mol. The Morgan fingerprint density at radius 2 is 2.00 bits per heavy atom. The Hall–Kier alpha value is -1.69. The van der Waals surface area contributed by atoms with Gasteiger partial charge in [0.25, 0.3) is 0 Å². The topological polar surface area (TPSA) is 67.3 Å². The maximum Gasteiger partial charge on any atom is 0.149 e. The molecule has 0 bridgehead atoms. The molecule has 0 aliphatic carbocycles. The van der Waals surface area contributed by atoms with E-state index in [1.54, 1.807) is 0 Å². The predicted molar refractivity (Wildman–Crippen MR) is 76.7 cm³/mol. The molecule has 0 amide bonds. The fourth-order valence-corrected chi connectivity index (χ4v) is 2.33. The molecule has 104 valence electrons. The lowest BCUT2D eigenvalue weighted by Gasteiger charge is -2.14. The number of benzene rings is 1. The zero-order chi connectivity index (χ0) is 13.9. The van der Waals surface area contributed by atoms with Crippen molar-refractivity contribution >= 4 is 17.4 Å². The second-order valence-corrected chi connectivity index (χ2v) is 5.05. The van der Waals surface area contributed by atoms with E-state index in [-0.39, 0.29) is 6.04 Å². The average molecular weight is 292 g/mol. The third-order valence-electron chi connectivity index (χ3n) is 3.20. The molecular formula is C14H14ClN3O2. The van der Waals surface area contributed by atoms with E-state index in [9.17, 15) is 5.11 Å². The first-order chi connectivity index (χ1) is 9.74. The molecule has 2 aromatic rings. The van der Waals surface area contributed by atoms with Crippen molar-refractivity contribution in [3.63, 3.8) is 0 Å². The van der Waals surface area contributed by atoms with Crippen molar-refractivity contribution in [2.45, 2.75) is 12.1 Å². The molecule has 3 rings (SSSR count). The second kappa shape index (κ2) is 5.75. The molecule has 0 spiro atoms. The summed E-state index contributed by atoms with van der Waals surface area (Å²) < 4.78 is 5.17. The minimum Gasteiger partial charge on any atom is -0.388 e. The molecule has 1 aromatic carbocycles. The lowest BCUT2D eigenvalue weighted by molar-refractivity contribution is 0.125. The third kappa shape index (κ3) is 2.75. The molecule has 1 aliphatic rings. The van der Waals surface area contributed by atoms with Gasteiger partial charge in [0.15, 0.2) is 0 Å². The normalized spacial score (nSPS) is 21.9. The van der Waals surface area contributed by atoms with Crippen LogP contribution in [-0.4, -0.2) is 40.7 Å². The van der Waals surface area contributed by atoms with Crippen molar-refractivity contribution in [1.29, 1.82) is 0 Å². The van der Waals surface area contributed by atoms with Crippen molar-refractivity contribution in [2.75, 3.05) is 18.5 Å². The number of nitrogens with zero attached hydrogens (tertiary/aromatic N) is 2. The van der Waals surface area contributed by atoms with Crippen LogP contribution >= 0.6 is 11.6 Å². The monoisotopic (exact) mass is 291 g/mol. The fourth-order valence-electron chi connectivity index (χ4n) is 2.09. The van der Waals surface area contributed by atoms with Crippen LogP contribution in [0.4, 0.5) is 5.82 Å². The number of aromatic nitrogens is 2. The summed E-state index contributed by atoms with van der Waals surface area (Å²) in [5, 5.41) is 21.7. The van der Waals surface area contributed by atoms with Gasteiger partial charge in [-0.25, -0.2) is 0 Å². The van der Waals surface area contributed by atoms with Crippen LogP contribution in [0.25, 0.3) is 11.3 Å². The summed E-state index contributed by atoms with van der Waals surface area (Å²) >= 11 is 6.12. The van der Waals surface area contributed by atoms with Crippen LogP contribution in [0.1, 0.15) is 0 Å². The van der Waals surface area contributed by atoms with Crippen molar-refractivity contribution in [3.05, 3.63) is 41.4 Å². The lowest BCUT2D eigenvalue weighted by Crippen LogP contribution is -2.32. The predicted octanol–water partition coefficient (Wildman–Crippen LogP) is 1.97. The molecule has 0 radical (unpaired) electrons. The molecule has 20 heavy (non-hydrogen) atoms. The Kier molecular flexibility index (Phi) is 3.82. The quantitative estimate of drug-likeness (QED) is 0.905. The Bertz CT molecular complexity index is 591. The van der Waals surface area contributed by atoms with E-state index < -0.39 is 6.10 Å². The first-order valence-corrected chi connectivity index (χ1v) is 6.73. The number of ether oxygens (including phenoxy) is 1. The summed E-state index contributed by atoms with van der Waals surface area (Å²) in [5.74, 6) is 0.607. The van der Waals surface area contributed by atoms with Gasteiger partial charge < -0.3 is 15.2 Å². The van der Waals surface area contributed by atoms with Crippen LogP contribution in [0.3, 0.4) is 0 Å². The van der Waals surface area contributed by atoms with Gasteiger partial charge in [0.1, 0.15) is 5.82 Å². The molecule has 0 saturated carbocycles. The van der Waals surface area contributed by atoms with Crippen LogP contribution in [0.2, 0.25) is 5.02 Å². The maximum absolute atomic E-state index is 9.67. The Balaban J connectivity index is 1.76. The van der Waals surface area contributed by atoms with Crippen molar-refractivity contribution in [3.8, 4) is 11.3 Å². The van der Waals surface area contributed by atoms with E-state index >= 15 is 0 Å².